The minimum Gasteiger partial charge on any atom is -0.334 e. The molecule has 0 radical (unpaired) electrons. The summed E-state index contributed by atoms with van der Waals surface area (Å²) in [6.07, 6.45) is 0.952. The standard InChI is InChI=1S/C17H18N2O2S2/c1-19(14-7-9-22-11-14)17(21)16(20)18-13-5-2-4-12(10-13)15-6-3-8-23-15/h2-6,8,10,14H,7,9,11H2,1H3,(H,18,20)/t14-/m0/s1. The first-order chi connectivity index (χ1) is 11.1. The first kappa shape index (κ1) is 16.1. The quantitative estimate of drug-likeness (QED) is 0.868. The van der Waals surface area contributed by atoms with Crippen molar-refractivity contribution < 1.29 is 9.59 Å². The van der Waals surface area contributed by atoms with Gasteiger partial charge in [-0.3, -0.25) is 9.59 Å². The number of rotatable bonds is 3. The number of nitrogens with one attached hydrogen (secondary N) is 1. The predicted molar refractivity (Wildman–Crippen MR) is 96.9 cm³/mol. The molecule has 1 aliphatic rings. The number of amides is 2. The van der Waals surface area contributed by atoms with Crippen LogP contribution >= 0.6 is 23.1 Å². The Kier molecular flexibility index (Phi) is 5.03. The summed E-state index contributed by atoms with van der Waals surface area (Å²) in [7, 11) is 1.71. The summed E-state index contributed by atoms with van der Waals surface area (Å²) in [4.78, 5) is 27.2. The van der Waals surface area contributed by atoms with E-state index in [0.29, 0.717) is 5.69 Å². The number of hydrogen-bond donors (Lipinski definition) is 1. The van der Waals surface area contributed by atoms with Gasteiger partial charge in [-0.2, -0.15) is 11.8 Å². The van der Waals surface area contributed by atoms with Crippen molar-refractivity contribution >= 4 is 40.6 Å². The maximum absolute atomic E-state index is 12.3. The molecule has 0 unspecified atom stereocenters. The molecule has 2 heterocycles. The van der Waals surface area contributed by atoms with Gasteiger partial charge in [-0.05, 0) is 41.3 Å². The molecule has 2 amide bonds. The first-order valence-electron chi connectivity index (χ1n) is 7.45. The summed E-state index contributed by atoms with van der Waals surface area (Å²) in [6, 6.07) is 11.7. The SMILES string of the molecule is CN(C(=O)C(=O)Nc1cccc(-c2cccs2)c1)[C@H]1CCSC1. The second-order valence-corrected chi connectivity index (χ2v) is 7.54. The Morgan fingerprint density at radius 3 is 2.83 bits per heavy atom. The van der Waals surface area contributed by atoms with Crippen molar-refractivity contribution in [1.82, 2.24) is 4.90 Å². The van der Waals surface area contributed by atoms with Crippen LogP contribution in [0.2, 0.25) is 0 Å². The molecule has 0 saturated carbocycles. The second kappa shape index (κ2) is 7.19. The largest absolute Gasteiger partial charge is 0.334 e. The number of nitrogens with zero attached hydrogens (tertiary/aromatic N) is 1. The van der Waals surface area contributed by atoms with E-state index in [9.17, 15) is 9.59 Å². The van der Waals surface area contributed by atoms with Crippen LogP contribution in [0.3, 0.4) is 0 Å². The summed E-state index contributed by atoms with van der Waals surface area (Å²) >= 11 is 3.46. The van der Waals surface area contributed by atoms with Crippen LogP contribution in [-0.4, -0.2) is 41.3 Å². The average molecular weight is 346 g/mol. The molecule has 1 aliphatic heterocycles. The lowest BCUT2D eigenvalue weighted by molar-refractivity contribution is -0.143. The lowest BCUT2D eigenvalue weighted by atomic mass is 10.1. The van der Waals surface area contributed by atoms with Gasteiger partial charge in [-0.25, -0.2) is 0 Å². The van der Waals surface area contributed by atoms with Gasteiger partial charge in [0.15, 0.2) is 0 Å². The van der Waals surface area contributed by atoms with Gasteiger partial charge in [-0.15, -0.1) is 11.3 Å². The first-order valence-corrected chi connectivity index (χ1v) is 9.48. The Labute approximate surface area is 143 Å². The van der Waals surface area contributed by atoms with Gasteiger partial charge >= 0.3 is 11.8 Å². The number of benzene rings is 1. The third-order valence-electron chi connectivity index (χ3n) is 3.89. The van der Waals surface area contributed by atoms with E-state index in [1.165, 1.54) is 0 Å². The van der Waals surface area contributed by atoms with Crippen LogP contribution in [0.15, 0.2) is 41.8 Å². The molecular formula is C17H18N2O2S2. The van der Waals surface area contributed by atoms with Crippen molar-refractivity contribution in [3.8, 4) is 10.4 Å². The number of anilines is 1. The van der Waals surface area contributed by atoms with E-state index in [0.717, 1.165) is 28.4 Å². The molecule has 4 nitrogen and oxygen atoms in total. The number of likely N-dealkylation sites (N-methyl/N-ethyl adjacent to an activating group) is 1. The summed E-state index contributed by atoms with van der Waals surface area (Å²) in [5, 5.41) is 4.73. The zero-order valence-electron chi connectivity index (χ0n) is 12.8. The maximum Gasteiger partial charge on any atom is 0.313 e. The summed E-state index contributed by atoms with van der Waals surface area (Å²) in [6.45, 7) is 0. The normalized spacial score (nSPS) is 17.0. The fourth-order valence-corrected chi connectivity index (χ4v) is 4.52. The molecule has 120 valence electrons. The van der Waals surface area contributed by atoms with Crippen LogP contribution < -0.4 is 5.32 Å². The van der Waals surface area contributed by atoms with Gasteiger partial charge in [0.1, 0.15) is 0 Å². The highest BCUT2D eigenvalue weighted by molar-refractivity contribution is 7.99. The highest BCUT2D eigenvalue weighted by Crippen LogP contribution is 2.27. The number of carbonyl (C=O) groups excluding carboxylic acids is 2. The summed E-state index contributed by atoms with van der Waals surface area (Å²) in [5.41, 5.74) is 1.68. The zero-order chi connectivity index (χ0) is 16.2. The van der Waals surface area contributed by atoms with Crippen LogP contribution in [0.25, 0.3) is 10.4 Å². The summed E-state index contributed by atoms with van der Waals surface area (Å²) < 4.78 is 0. The number of thiophene rings is 1. The molecule has 1 N–H and O–H groups in total. The molecule has 1 aromatic carbocycles. The Bertz CT molecular complexity index is 694. The molecule has 1 saturated heterocycles. The maximum atomic E-state index is 12.3. The van der Waals surface area contributed by atoms with Crippen molar-refractivity contribution in [1.29, 1.82) is 0 Å². The van der Waals surface area contributed by atoms with Crippen LogP contribution in [0, 0.1) is 0 Å². The van der Waals surface area contributed by atoms with Gasteiger partial charge in [0.2, 0.25) is 0 Å². The van der Waals surface area contributed by atoms with Crippen LogP contribution in [0.1, 0.15) is 6.42 Å². The van der Waals surface area contributed by atoms with Crippen LogP contribution in [0.5, 0.6) is 0 Å². The molecule has 6 heteroatoms. The Balaban J connectivity index is 1.67. The minimum atomic E-state index is -0.576. The lowest BCUT2D eigenvalue weighted by Crippen LogP contribution is -2.43. The monoisotopic (exact) mass is 346 g/mol. The molecule has 0 aliphatic carbocycles. The Morgan fingerprint density at radius 1 is 1.26 bits per heavy atom. The molecule has 3 rings (SSSR count). The number of hydrogen-bond acceptors (Lipinski definition) is 4. The molecule has 23 heavy (non-hydrogen) atoms. The predicted octanol–water partition coefficient (Wildman–Crippen LogP) is 3.32. The van der Waals surface area contributed by atoms with Crippen molar-refractivity contribution in [3.63, 3.8) is 0 Å². The van der Waals surface area contributed by atoms with E-state index < -0.39 is 11.8 Å². The third kappa shape index (κ3) is 3.76. The zero-order valence-corrected chi connectivity index (χ0v) is 14.5. The smallest absolute Gasteiger partial charge is 0.313 e. The van der Waals surface area contributed by atoms with E-state index in [1.807, 2.05) is 47.5 Å². The fourth-order valence-electron chi connectivity index (χ4n) is 2.53. The lowest BCUT2D eigenvalue weighted by Gasteiger charge is -2.23. The van der Waals surface area contributed by atoms with E-state index in [1.54, 1.807) is 29.4 Å². The summed E-state index contributed by atoms with van der Waals surface area (Å²) in [5.74, 6) is 0.905. The van der Waals surface area contributed by atoms with E-state index in [2.05, 4.69) is 5.32 Å². The highest BCUT2D eigenvalue weighted by atomic mass is 32.2. The van der Waals surface area contributed by atoms with E-state index in [-0.39, 0.29) is 6.04 Å². The molecule has 1 aromatic heterocycles. The van der Waals surface area contributed by atoms with Gasteiger partial charge < -0.3 is 10.2 Å². The topological polar surface area (TPSA) is 49.4 Å². The number of thioether (sulfide) groups is 1. The molecule has 0 spiro atoms. The Morgan fingerprint density at radius 2 is 2.13 bits per heavy atom. The molecule has 0 bridgehead atoms. The minimum absolute atomic E-state index is 0.163. The Hall–Kier alpha value is -1.79. The number of carbonyl (C=O) groups is 2. The van der Waals surface area contributed by atoms with Gasteiger partial charge in [0, 0.05) is 29.4 Å². The van der Waals surface area contributed by atoms with Crippen molar-refractivity contribution in [2.75, 3.05) is 23.9 Å². The molecule has 1 atom stereocenters. The molecule has 2 aromatic rings. The fraction of sp³-hybridized carbons (Fsp3) is 0.294. The van der Waals surface area contributed by atoms with Crippen molar-refractivity contribution in [2.45, 2.75) is 12.5 Å². The van der Waals surface area contributed by atoms with E-state index >= 15 is 0 Å². The van der Waals surface area contributed by atoms with Gasteiger partial charge in [0.05, 0.1) is 0 Å². The van der Waals surface area contributed by atoms with Crippen LogP contribution in [-0.2, 0) is 9.59 Å². The van der Waals surface area contributed by atoms with Crippen molar-refractivity contribution in [2.24, 2.45) is 0 Å². The third-order valence-corrected chi connectivity index (χ3v) is 5.96. The molecular weight excluding hydrogens is 328 g/mol. The average Bonchev–Trinajstić information content (AvgIpc) is 3.26. The molecule has 1 fully saturated rings. The van der Waals surface area contributed by atoms with Crippen LogP contribution in [0.4, 0.5) is 5.69 Å². The van der Waals surface area contributed by atoms with Gasteiger partial charge in [0.25, 0.3) is 0 Å². The highest BCUT2D eigenvalue weighted by Gasteiger charge is 2.27. The van der Waals surface area contributed by atoms with E-state index in [4.69, 9.17) is 0 Å². The van der Waals surface area contributed by atoms with Gasteiger partial charge in [-0.1, -0.05) is 18.2 Å². The van der Waals surface area contributed by atoms with Crippen molar-refractivity contribution in [3.05, 3.63) is 41.8 Å². The second-order valence-electron chi connectivity index (χ2n) is 5.45.